The molecule has 0 aliphatic carbocycles. The Hall–Kier alpha value is -1.17. The van der Waals surface area contributed by atoms with Gasteiger partial charge in [-0.15, -0.1) is 0 Å². The quantitative estimate of drug-likeness (QED) is 0.700. The van der Waals surface area contributed by atoms with Crippen molar-refractivity contribution in [1.82, 2.24) is 10.2 Å². The summed E-state index contributed by atoms with van der Waals surface area (Å²) in [7, 11) is -1.01. The first-order valence-corrected chi connectivity index (χ1v) is 5.31. The average Bonchev–Trinajstić information content (AvgIpc) is 2.73. The number of hydrogen-bond donors (Lipinski definition) is 2. The summed E-state index contributed by atoms with van der Waals surface area (Å²) in [6.45, 7) is 0. The van der Waals surface area contributed by atoms with Gasteiger partial charge in [-0.1, -0.05) is 0 Å². The first kappa shape index (κ1) is 9.39. The molecule has 1 aromatic heterocycles. The molecule has 0 fully saturated rings. The predicted molar refractivity (Wildman–Crippen MR) is 49.1 cm³/mol. The second-order valence-corrected chi connectivity index (χ2v) is 4.57. The normalized spacial score (nSPS) is 23.9. The van der Waals surface area contributed by atoms with Crippen molar-refractivity contribution < 1.29 is 13.2 Å². The molecule has 1 aromatic rings. The van der Waals surface area contributed by atoms with Crippen LogP contribution in [-0.4, -0.2) is 16.4 Å². The molecule has 2 rings (SSSR count). The number of aromatic amines is 1. The van der Waals surface area contributed by atoms with Crippen LogP contribution in [0.2, 0.25) is 0 Å². The second kappa shape index (κ2) is 3.20. The first-order valence-electron chi connectivity index (χ1n) is 3.83. The number of nitrogens with zero attached hydrogens (tertiary/aromatic N) is 1. The molecule has 1 aliphatic heterocycles. The number of aromatic nitrogens is 2. The van der Waals surface area contributed by atoms with Gasteiger partial charge >= 0.3 is 6.18 Å². The van der Waals surface area contributed by atoms with Crippen LogP contribution in [0.4, 0.5) is 13.2 Å². The molecule has 14 heavy (non-hydrogen) atoms. The lowest BCUT2D eigenvalue weighted by molar-refractivity contribution is -0.0878. The lowest BCUT2D eigenvalue weighted by atomic mass is 10.3. The van der Waals surface area contributed by atoms with Crippen molar-refractivity contribution >= 4 is 10.9 Å². The first-order chi connectivity index (χ1) is 6.57. The molecule has 2 heterocycles. The molecule has 0 radical (unpaired) electrons. The highest BCUT2D eigenvalue weighted by atomic mass is 32.2. The number of nitrogens with one attached hydrogen (secondary N) is 1. The summed E-state index contributed by atoms with van der Waals surface area (Å²) < 4.78 is 36.7. The fourth-order valence-electron chi connectivity index (χ4n) is 1.10. The van der Waals surface area contributed by atoms with Crippen LogP contribution in [0.1, 0.15) is 0 Å². The molecule has 0 spiro atoms. The molecule has 0 aromatic carbocycles. The molecule has 76 valence electrons. The van der Waals surface area contributed by atoms with Crippen LogP contribution in [-0.2, 0) is 0 Å². The minimum atomic E-state index is -4.25. The summed E-state index contributed by atoms with van der Waals surface area (Å²) in [4.78, 5) is 0. The van der Waals surface area contributed by atoms with Gasteiger partial charge in [0.05, 0.1) is 5.57 Å². The Bertz CT molecular complexity index is 378. The number of hydrogen-bond acceptors (Lipinski definition) is 1. The van der Waals surface area contributed by atoms with E-state index in [4.69, 9.17) is 0 Å². The van der Waals surface area contributed by atoms with Gasteiger partial charge < -0.3 is 0 Å². The van der Waals surface area contributed by atoms with E-state index in [0.717, 1.165) is 6.08 Å². The highest BCUT2D eigenvalue weighted by molar-refractivity contribution is 8.22. The van der Waals surface area contributed by atoms with Crippen LogP contribution in [0.3, 0.4) is 0 Å². The summed E-state index contributed by atoms with van der Waals surface area (Å²) in [5.74, 6) is 0. The number of thiol groups is 1. The molecule has 1 N–H and O–H groups in total. The van der Waals surface area contributed by atoms with Crippen molar-refractivity contribution in [3.63, 3.8) is 0 Å². The van der Waals surface area contributed by atoms with E-state index in [2.05, 4.69) is 10.2 Å². The molecule has 0 saturated heterocycles. The van der Waals surface area contributed by atoms with Crippen LogP contribution < -0.4 is 0 Å². The molecule has 1 aliphatic rings. The second-order valence-electron chi connectivity index (χ2n) is 2.74. The fraction of sp³-hybridized carbons (Fsp3) is 0.125. The lowest BCUT2D eigenvalue weighted by Gasteiger charge is -2.06. The molecular formula is C8H7F3N2S. The third-order valence-corrected chi connectivity index (χ3v) is 3.58. The van der Waals surface area contributed by atoms with Gasteiger partial charge in [-0.05, 0) is 23.0 Å². The molecule has 0 saturated carbocycles. The molecular weight excluding hydrogens is 213 g/mol. The Kier molecular flexibility index (Phi) is 2.14. The third-order valence-electron chi connectivity index (χ3n) is 1.77. The van der Waals surface area contributed by atoms with E-state index in [9.17, 15) is 13.2 Å². The zero-order chi connectivity index (χ0) is 10.2. The van der Waals surface area contributed by atoms with Gasteiger partial charge in [0.25, 0.3) is 0 Å². The fourth-order valence-corrected chi connectivity index (χ4v) is 2.75. The van der Waals surface area contributed by atoms with Crippen molar-refractivity contribution in [3.05, 3.63) is 34.7 Å². The van der Waals surface area contributed by atoms with Crippen molar-refractivity contribution in [2.45, 2.75) is 11.2 Å². The van der Waals surface area contributed by atoms with Gasteiger partial charge in [-0.25, -0.2) is 0 Å². The van der Waals surface area contributed by atoms with E-state index in [1.807, 2.05) is 0 Å². The van der Waals surface area contributed by atoms with E-state index >= 15 is 0 Å². The maximum Gasteiger partial charge on any atom is 0.416 e. The summed E-state index contributed by atoms with van der Waals surface area (Å²) in [6.07, 6.45) is -1.53. The Morgan fingerprint density at radius 1 is 1.36 bits per heavy atom. The zero-order valence-electron chi connectivity index (χ0n) is 6.92. The number of halogens is 3. The standard InChI is InChI=1S/C8H7F3N2S/c9-8(10,11)6-2-4-14(5-6)7-1-3-12-13-7/h1-5,14H,(H,12,13). The van der Waals surface area contributed by atoms with Gasteiger partial charge in [0.15, 0.2) is 0 Å². The topological polar surface area (TPSA) is 28.7 Å². The SMILES string of the molecule is FC(F)(F)C1=C[SH](c2cc[nH]n2)C=C1. The average molecular weight is 220 g/mol. The number of allylic oxidation sites excluding steroid dienone is 2. The van der Waals surface area contributed by atoms with Crippen LogP contribution in [0, 0.1) is 0 Å². The zero-order valence-corrected chi connectivity index (χ0v) is 7.81. The monoisotopic (exact) mass is 220 g/mol. The Labute approximate surface area is 80.9 Å². The molecule has 0 amide bonds. The van der Waals surface area contributed by atoms with Crippen molar-refractivity contribution in [2.24, 2.45) is 0 Å². The van der Waals surface area contributed by atoms with Gasteiger partial charge in [-0.3, -0.25) is 5.10 Å². The Morgan fingerprint density at radius 2 is 2.14 bits per heavy atom. The van der Waals surface area contributed by atoms with Crippen molar-refractivity contribution in [1.29, 1.82) is 0 Å². The molecule has 6 heteroatoms. The number of rotatable bonds is 1. The Balaban J connectivity index is 2.23. The molecule has 2 nitrogen and oxygen atoms in total. The third kappa shape index (κ3) is 1.70. The largest absolute Gasteiger partial charge is 0.416 e. The van der Waals surface area contributed by atoms with Gasteiger partial charge in [0, 0.05) is 6.20 Å². The van der Waals surface area contributed by atoms with E-state index in [1.165, 1.54) is 5.41 Å². The minimum Gasteiger partial charge on any atom is -0.285 e. The highest BCUT2D eigenvalue weighted by Gasteiger charge is 2.34. The maximum atomic E-state index is 12.2. The van der Waals surface area contributed by atoms with Crippen LogP contribution in [0.5, 0.6) is 0 Å². The molecule has 1 atom stereocenters. The molecule has 1 unspecified atom stereocenters. The van der Waals surface area contributed by atoms with Crippen molar-refractivity contribution in [3.8, 4) is 0 Å². The van der Waals surface area contributed by atoms with E-state index < -0.39 is 22.6 Å². The highest BCUT2D eigenvalue weighted by Crippen LogP contribution is 2.46. The molecule has 0 bridgehead atoms. The van der Waals surface area contributed by atoms with Gasteiger partial charge in [0.1, 0.15) is 5.03 Å². The van der Waals surface area contributed by atoms with E-state index in [0.29, 0.717) is 5.03 Å². The number of H-pyrrole nitrogens is 1. The van der Waals surface area contributed by atoms with Crippen LogP contribution in [0.15, 0.2) is 39.8 Å². The number of alkyl halides is 3. The summed E-state index contributed by atoms with van der Waals surface area (Å²) >= 11 is 0. The lowest BCUT2D eigenvalue weighted by Crippen LogP contribution is -2.08. The summed E-state index contributed by atoms with van der Waals surface area (Å²) in [5, 5.41) is 9.88. The van der Waals surface area contributed by atoms with Crippen LogP contribution in [0.25, 0.3) is 0 Å². The van der Waals surface area contributed by atoms with Crippen molar-refractivity contribution in [2.75, 3.05) is 0 Å². The van der Waals surface area contributed by atoms with Gasteiger partial charge in [-0.2, -0.15) is 29.2 Å². The van der Waals surface area contributed by atoms with E-state index in [1.54, 1.807) is 17.7 Å². The Morgan fingerprint density at radius 3 is 2.64 bits per heavy atom. The maximum absolute atomic E-state index is 12.2. The van der Waals surface area contributed by atoms with Gasteiger partial charge in [0.2, 0.25) is 0 Å². The summed E-state index contributed by atoms with van der Waals surface area (Å²) in [5.41, 5.74) is -0.577. The summed E-state index contributed by atoms with van der Waals surface area (Å²) in [6, 6.07) is 1.69. The predicted octanol–water partition coefficient (Wildman–Crippen LogP) is 2.74. The van der Waals surface area contributed by atoms with E-state index in [-0.39, 0.29) is 0 Å². The smallest absolute Gasteiger partial charge is 0.285 e. The van der Waals surface area contributed by atoms with Crippen LogP contribution >= 0.6 is 10.9 Å². The minimum absolute atomic E-state index is 0.577.